The average Bonchev–Trinajstić information content (AvgIpc) is 3.44. The predicted octanol–water partition coefficient (Wildman–Crippen LogP) is 6.66. The second kappa shape index (κ2) is 9.27. The van der Waals surface area contributed by atoms with Crippen molar-refractivity contribution < 1.29 is 18.7 Å². The molecule has 4 aromatic rings. The third-order valence-corrected chi connectivity index (χ3v) is 5.15. The van der Waals surface area contributed by atoms with Crippen LogP contribution in [0.5, 0.6) is 0 Å². The van der Waals surface area contributed by atoms with Crippen molar-refractivity contribution in [2.75, 3.05) is 5.32 Å². The molecule has 2 aromatic heterocycles. The molecule has 0 aliphatic rings. The first-order valence-corrected chi connectivity index (χ1v) is 10.1. The van der Waals surface area contributed by atoms with Crippen LogP contribution in [0.25, 0.3) is 28.7 Å². The molecule has 5 nitrogen and oxygen atoms in total. The van der Waals surface area contributed by atoms with Gasteiger partial charge in [-0.05, 0) is 60.7 Å². The molecule has 7 heteroatoms. The lowest BCUT2D eigenvalue weighted by atomic mass is 10.1. The second-order valence-corrected chi connectivity index (χ2v) is 7.44. The van der Waals surface area contributed by atoms with Gasteiger partial charge in [0.25, 0.3) is 0 Å². The highest BCUT2D eigenvalue weighted by molar-refractivity contribution is 6.34. The molecule has 1 amide bonds. The maximum Gasteiger partial charge on any atom is 0.248 e. The first-order valence-electron chi connectivity index (χ1n) is 9.37. The summed E-state index contributed by atoms with van der Waals surface area (Å²) in [5, 5.41) is 12.9. The number of rotatable bonds is 6. The molecular weight excluding hydrogens is 437 g/mol. The Morgan fingerprint density at radius 1 is 0.935 bits per heavy atom. The molecule has 0 saturated carbocycles. The maximum atomic E-state index is 12.4. The van der Waals surface area contributed by atoms with Gasteiger partial charge < -0.3 is 19.3 Å². The van der Waals surface area contributed by atoms with Gasteiger partial charge in [-0.3, -0.25) is 4.79 Å². The zero-order chi connectivity index (χ0) is 21.8. The molecule has 0 saturated heterocycles. The van der Waals surface area contributed by atoms with Crippen molar-refractivity contribution in [3.05, 3.63) is 94.4 Å². The van der Waals surface area contributed by atoms with E-state index in [2.05, 4.69) is 5.32 Å². The molecule has 0 bridgehead atoms. The molecule has 2 aromatic carbocycles. The van der Waals surface area contributed by atoms with Gasteiger partial charge in [0.2, 0.25) is 5.91 Å². The van der Waals surface area contributed by atoms with E-state index in [0.717, 1.165) is 11.1 Å². The van der Waals surface area contributed by atoms with Gasteiger partial charge in [-0.1, -0.05) is 35.3 Å². The molecule has 156 valence electrons. The summed E-state index contributed by atoms with van der Waals surface area (Å²) in [4.78, 5) is 12.4. The Kier molecular flexibility index (Phi) is 6.28. The Bertz CT molecular complexity index is 1260. The number of aliphatic hydroxyl groups is 1. The molecule has 31 heavy (non-hydrogen) atoms. The van der Waals surface area contributed by atoms with E-state index in [-0.39, 0.29) is 12.5 Å². The van der Waals surface area contributed by atoms with E-state index < -0.39 is 0 Å². The fourth-order valence-corrected chi connectivity index (χ4v) is 3.37. The summed E-state index contributed by atoms with van der Waals surface area (Å²) in [6.07, 6.45) is 2.92. The predicted molar refractivity (Wildman–Crippen MR) is 122 cm³/mol. The van der Waals surface area contributed by atoms with Crippen molar-refractivity contribution in [2.45, 2.75) is 6.61 Å². The monoisotopic (exact) mass is 453 g/mol. The molecule has 0 fully saturated rings. The molecule has 0 aliphatic heterocycles. The van der Waals surface area contributed by atoms with Gasteiger partial charge in [0.1, 0.15) is 29.6 Å². The van der Waals surface area contributed by atoms with Gasteiger partial charge in [0.05, 0.1) is 15.7 Å². The Hall–Kier alpha value is -3.25. The molecular formula is C24H17Cl2NO4. The second-order valence-electron chi connectivity index (χ2n) is 6.62. The van der Waals surface area contributed by atoms with Gasteiger partial charge in [-0.25, -0.2) is 0 Å². The lowest BCUT2D eigenvalue weighted by molar-refractivity contribution is -0.111. The van der Waals surface area contributed by atoms with Crippen LogP contribution in [0.4, 0.5) is 5.69 Å². The van der Waals surface area contributed by atoms with Gasteiger partial charge in [-0.2, -0.15) is 0 Å². The number of aliphatic hydroxyl groups excluding tert-OH is 1. The molecule has 0 aliphatic carbocycles. The summed E-state index contributed by atoms with van der Waals surface area (Å²) in [5.74, 6) is 1.77. The van der Waals surface area contributed by atoms with Gasteiger partial charge in [0, 0.05) is 17.2 Å². The first-order chi connectivity index (χ1) is 15.0. The fourth-order valence-electron chi connectivity index (χ4n) is 2.97. The summed E-state index contributed by atoms with van der Waals surface area (Å²) < 4.78 is 11.3. The van der Waals surface area contributed by atoms with Crippen molar-refractivity contribution >= 4 is 40.9 Å². The standard InChI is InChI=1S/C24H17Cl2NO4/c25-19-4-2-1-3-18(19)23-11-6-16(30-23)8-12-24(29)27-21-13-15(5-9-20(21)26)22-10-7-17(14-28)31-22/h1-13,28H,14H2,(H,27,29)/b12-8+. The van der Waals surface area contributed by atoms with Crippen molar-refractivity contribution in [1.82, 2.24) is 0 Å². The fraction of sp³-hybridized carbons (Fsp3) is 0.0417. The van der Waals surface area contributed by atoms with Crippen molar-refractivity contribution in [1.29, 1.82) is 0 Å². The minimum absolute atomic E-state index is 0.188. The van der Waals surface area contributed by atoms with Crippen LogP contribution in [0.15, 0.2) is 81.6 Å². The van der Waals surface area contributed by atoms with Crippen molar-refractivity contribution in [3.63, 3.8) is 0 Å². The van der Waals surface area contributed by atoms with Crippen molar-refractivity contribution in [2.24, 2.45) is 0 Å². The van der Waals surface area contributed by atoms with Crippen LogP contribution in [-0.2, 0) is 11.4 Å². The summed E-state index contributed by atoms with van der Waals surface area (Å²) in [6, 6.07) is 19.5. The number of nitrogens with one attached hydrogen (secondary N) is 1. The number of amides is 1. The van der Waals surface area contributed by atoms with Gasteiger partial charge in [-0.15, -0.1) is 0 Å². The van der Waals surface area contributed by atoms with Crippen LogP contribution in [0.1, 0.15) is 11.5 Å². The molecule has 2 heterocycles. The number of furan rings is 2. The third kappa shape index (κ3) is 4.91. The smallest absolute Gasteiger partial charge is 0.248 e. The maximum absolute atomic E-state index is 12.4. The topological polar surface area (TPSA) is 75.6 Å². The number of hydrogen-bond acceptors (Lipinski definition) is 4. The SMILES string of the molecule is O=C(/C=C/c1ccc(-c2ccccc2Cl)o1)Nc1cc(-c2ccc(CO)o2)ccc1Cl. The van der Waals surface area contributed by atoms with E-state index in [1.54, 1.807) is 54.6 Å². The summed E-state index contributed by atoms with van der Waals surface area (Å²) in [6.45, 7) is -0.188. The number of anilines is 1. The summed E-state index contributed by atoms with van der Waals surface area (Å²) in [5.41, 5.74) is 1.94. The minimum Gasteiger partial charge on any atom is -0.459 e. The Balaban J connectivity index is 1.47. The Labute approximate surface area is 188 Å². The van der Waals surface area contributed by atoms with E-state index in [4.69, 9.17) is 37.1 Å². The molecule has 0 radical (unpaired) electrons. The highest BCUT2D eigenvalue weighted by Gasteiger charge is 2.10. The van der Waals surface area contributed by atoms with Crippen LogP contribution < -0.4 is 5.32 Å². The number of carbonyl (C=O) groups excluding carboxylic acids is 1. The molecule has 4 rings (SSSR count). The quantitative estimate of drug-likeness (QED) is 0.320. The normalized spacial score (nSPS) is 11.2. The average molecular weight is 454 g/mol. The zero-order valence-electron chi connectivity index (χ0n) is 16.1. The summed E-state index contributed by atoms with van der Waals surface area (Å²) >= 11 is 12.4. The highest BCUT2D eigenvalue weighted by Crippen LogP contribution is 2.31. The van der Waals surface area contributed by atoms with Crippen LogP contribution in [0.2, 0.25) is 10.0 Å². The van der Waals surface area contributed by atoms with E-state index in [1.165, 1.54) is 6.08 Å². The van der Waals surface area contributed by atoms with Gasteiger partial charge in [0.15, 0.2) is 0 Å². The van der Waals surface area contributed by atoms with E-state index in [9.17, 15) is 4.79 Å². The lowest BCUT2D eigenvalue weighted by Gasteiger charge is -2.07. The van der Waals surface area contributed by atoms with Crippen LogP contribution >= 0.6 is 23.2 Å². The van der Waals surface area contributed by atoms with E-state index in [0.29, 0.717) is 38.8 Å². The number of halogens is 2. The zero-order valence-corrected chi connectivity index (χ0v) is 17.7. The van der Waals surface area contributed by atoms with E-state index in [1.807, 2.05) is 18.2 Å². The van der Waals surface area contributed by atoms with Gasteiger partial charge >= 0.3 is 0 Å². The Morgan fingerprint density at radius 3 is 2.52 bits per heavy atom. The number of benzene rings is 2. The van der Waals surface area contributed by atoms with Crippen LogP contribution in [0, 0.1) is 0 Å². The molecule has 0 unspecified atom stereocenters. The largest absolute Gasteiger partial charge is 0.459 e. The van der Waals surface area contributed by atoms with Crippen LogP contribution in [0.3, 0.4) is 0 Å². The number of hydrogen-bond donors (Lipinski definition) is 2. The Morgan fingerprint density at radius 2 is 1.74 bits per heavy atom. The lowest BCUT2D eigenvalue weighted by Crippen LogP contribution is -2.08. The molecule has 0 atom stereocenters. The molecule has 2 N–H and O–H groups in total. The number of carbonyl (C=O) groups is 1. The third-order valence-electron chi connectivity index (χ3n) is 4.49. The summed E-state index contributed by atoms with van der Waals surface area (Å²) in [7, 11) is 0. The molecule has 0 spiro atoms. The van der Waals surface area contributed by atoms with Crippen LogP contribution in [-0.4, -0.2) is 11.0 Å². The first kappa shape index (κ1) is 21.0. The minimum atomic E-state index is -0.370. The van der Waals surface area contributed by atoms with E-state index >= 15 is 0 Å². The highest BCUT2D eigenvalue weighted by atomic mass is 35.5. The van der Waals surface area contributed by atoms with Crippen molar-refractivity contribution in [3.8, 4) is 22.6 Å².